The molecule has 4 rings (SSSR count). The summed E-state index contributed by atoms with van der Waals surface area (Å²) in [5.74, 6) is 1.37. The summed E-state index contributed by atoms with van der Waals surface area (Å²) in [5.41, 5.74) is 0.966. The molecular weight excluding hydrogens is 376 g/mol. The van der Waals surface area contributed by atoms with Crippen molar-refractivity contribution in [1.82, 2.24) is 20.0 Å². The molecule has 1 aromatic heterocycles. The fourth-order valence-electron chi connectivity index (χ4n) is 4.12. The van der Waals surface area contributed by atoms with E-state index in [0.717, 1.165) is 43.9 Å². The van der Waals surface area contributed by atoms with Crippen LogP contribution >= 0.6 is 11.6 Å². The number of piperazine rings is 1. The lowest BCUT2D eigenvalue weighted by atomic mass is 9.64. The van der Waals surface area contributed by atoms with Gasteiger partial charge in [-0.2, -0.15) is 0 Å². The zero-order chi connectivity index (χ0) is 19.7. The van der Waals surface area contributed by atoms with E-state index in [1.165, 1.54) is 5.56 Å². The van der Waals surface area contributed by atoms with E-state index in [9.17, 15) is 4.79 Å². The van der Waals surface area contributed by atoms with Gasteiger partial charge in [0.2, 0.25) is 17.7 Å². The van der Waals surface area contributed by atoms with E-state index in [2.05, 4.69) is 29.1 Å². The second-order valence-electron chi connectivity index (χ2n) is 8.11. The number of benzene rings is 1. The van der Waals surface area contributed by atoms with Gasteiger partial charge in [-0.05, 0) is 44.5 Å². The molecule has 2 aliphatic rings. The minimum absolute atomic E-state index is 0.163. The molecule has 1 atom stereocenters. The molecule has 1 aromatic carbocycles. The van der Waals surface area contributed by atoms with Crippen LogP contribution in [0.4, 0.5) is 0 Å². The van der Waals surface area contributed by atoms with Gasteiger partial charge in [-0.25, -0.2) is 0 Å². The molecule has 1 saturated heterocycles. The number of aryl methyl sites for hydroxylation is 1. The Balaban J connectivity index is 1.40. The number of carbonyl (C=O) groups excluding carboxylic acids is 1. The smallest absolute Gasteiger partial charge is 0.227 e. The highest BCUT2D eigenvalue weighted by molar-refractivity contribution is 6.30. The molecule has 1 unspecified atom stereocenters. The van der Waals surface area contributed by atoms with Gasteiger partial charge in [-0.3, -0.25) is 4.79 Å². The molecule has 1 saturated carbocycles. The first-order chi connectivity index (χ1) is 13.5. The van der Waals surface area contributed by atoms with E-state index >= 15 is 0 Å². The van der Waals surface area contributed by atoms with Gasteiger partial charge < -0.3 is 14.2 Å². The SMILES string of the molecule is CC1CN(C(=O)CCc2nnc(C3(c4ccc(Cl)cc4)CCC3)o2)CCN1C. The summed E-state index contributed by atoms with van der Waals surface area (Å²) in [6.45, 7) is 4.64. The van der Waals surface area contributed by atoms with Crippen LogP contribution in [0.2, 0.25) is 5.02 Å². The molecule has 0 spiro atoms. The number of likely N-dealkylation sites (N-methyl/N-ethyl adjacent to an activating group) is 1. The van der Waals surface area contributed by atoms with Crippen molar-refractivity contribution in [3.8, 4) is 0 Å². The van der Waals surface area contributed by atoms with Crippen molar-refractivity contribution < 1.29 is 9.21 Å². The van der Waals surface area contributed by atoms with E-state index in [-0.39, 0.29) is 11.3 Å². The summed E-state index contributed by atoms with van der Waals surface area (Å²) in [4.78, 5) is 16.8. The Morgan fingerprint density at radius 1 is 1.25 bits per heavy atom. The van der Waals surface area contributed by atoms with Crippen molar-refractivity contribution in [2.45, 2.75) is 50.5 Å². The maximum Gasteiger partial charge on any atom is 0.227 e. The highest BCUT2D eigenvalue weighted by Crippen LogP contribution is 2.48. The third-order valence-electron chi connectivity index (χ3n) is 6.35. The Labute approximate surface area is 170 Å². The molecule has 28 heavy (non-hydrogen) atoms. The lowest BCUT2D eigenvalue weighted by Gasteiger charge is -2.39. The van der Waals surface area contributed by atoms with Crippen molar-refractivity contribution in [2.75, 3.05) is 26.7 Å². The van der Waals surface area contributed by atoms with Crippen molar-refractivity contribution in [3.05, 3.63) is 46.6 Å². The van der Waals surface area contributed by atoms with Gasteiger partial charge in [0, 0.05) is 43.5 Å². The number of hydrogen-bond donors (Lipinski definition) is 0. The summed E-state index contributed by atoms with van der Waals surface area (Å²) >= 11 is 6.04. The van der Waals surface area contributed by atoms with Gasteiger partial charge >= 0.3 is 0 Å². The van der Waals surface area contributed by atoms with Crippen LogP contribution in [-0.4, -0.2) is 58.6 Å². The average molecular weight is 403 g/mol. The van der Waals surface area contributed by atoms with Crippen molar-refractivity contribution >= 4 is 17.5 Å². The van der Waals surface area contributed by atoms with Gasteiger partial charge in [0.25, 0.3) is 0 Å². The van der Waals surface area contributed by atoms with Crippen LogP contribution in [0.1, 0.15) is 50.0 Å². The first kappa shape index (κ1) is 19.4. The molecule has 1 aliphatic carbocycles. The molecule has 0 N–H and O–H groups in total. The molecule has 6 nitrogen and oxygen atoms in total. The van der Waals surface area contributed by atoms with Gasteiger partial charge in [-0.1, -0.05) is 30.2 Å². The average Bonchev–Trinajstić information content (AvgIpc) is 3.12. The van der Waals surface area contributed by atoms with E-state index in [1.54, 1.807) is 0 Å². The maximum atomic E-state index is 12.6. The first-order valence-corrected chi connectivity index (χ1v) is 10.4. The summed E-state index contributed by atoms with van der Waals surface area (Å²) in [7, 11) is 2.10. The van der Waals surface area contributed by atoms with Crippen molar-refractivity contribution in [1.29, 1.82) is 0 Å². The largest absolute Gasteiger partial charge is 0.424 e. The standard InChI is InChI=1S/C21H27ClN4O2/c1-15-14-26(13-12-25(15)2)19(27)9-8-18-23-24-20(28-18)21(10-3-11-21)16-4-6-17(22)7-5-16/h4-7,15H,3,8-14H2,1-2H3. The normalized spacial score (nSPS) is 22.1. The monoisotopic (exact) mass is 402 g/mol. The zero-order valence-electron chi connectivity index (χ0n) is 16.5. The molecule has 1 amide bonds. The van der Waals surface area contributed by atoms with Crippen LogP contribution in [0.25, 0.3) is 0 Å². The van der Waals surface area contributed by atoms with E-state index in [0.29, 0.717) is 30.7 Å². The number of hydrogen-bond acceptors (Lipinski definition) is 5. The molecule has 2 aromatic rings. The van der Waals surface area contributed by atoms with Crippen molar-refractivity contribution in [2.24, 2.45) is 0 Å². The summed E-state index contributed by atoms with van der Waals surface area (Å²) in [5, 5.41) is 9.29. The molecule has 2 heterocycles. The Kier molecular flexibility index (Phi) is 5.43. The van der Waals surface area contributed by atoms with E-state index < -0.39 is 0 Å². The number of halogens is 1. The third-order valence-corrected chi connectivity index (χ3v) is 6.60. The lowest BCUT2D eigenvalue weighted by molar-refractivity contribution is -0.133. The van der Waals surface area contributed by atoms with Gasteiger partial charge in [0.05, 0.1) is 5.41 Å². The van der Waals surface area contributed by atoms with Gasteiger partial charge in [0.1, 0.15) is 0 Å². The van der Waals surface area contributed by atoms with Crippen LogP contribution < -0.4 is 0 Å². The number of rotatable bonds is 5. The van der Waals surface area contributed by atoms with Crippen LogP contribution in [-0.2, 0) is 16.6 Å². The third kappa shape index (κ3) is 3.67. The summed E-state index contributed by atoms with van der Waals surface area (Å²) in [6.07, 6.45) is 4.03. The Hall–Kier alpha value is -1.92. The fraction of sp³-hybridized carbons (Fsp3) is 0.571. The Bertz CT molecular complexity index is 831. The second kappa shape index (κ2) is 7.84. The molecule has 7 heteroatoms. The number of aromatic nitrogens is 2. The van der Waals surface area contributed by atoms with Crippen molar-refractivity contribution in [3.63, 3.8) is 0 Å². The lowest BCUT2D eigenvalue weighted by Crippen LogP contribution is -2.52. The molecule has 0 bridgehead atoms. The predicted octanol–water partition coefficient (Wildman–Crippen LogP) is 3.29. The first-order valence-electron chi connectivity index (χ1n) is 10.0. The molecule has 1 aliphatic heterocycles. The van der Waals surface area contributed by atoms with Crippen LogP contribution in [0.3, 0.4) is 0 Å². The highest BCUT2D eigenvalue weighted by Gasteiger charge is 2.45. The number of amides is 1. The minimum atomic E-state index is -0.202. The van der Waals surface area contributed by atoms with E-state index in [1.807, 2.05) is 29.2 Å². The quantitative estimate of drug-likeness (QED) is 0.767. The molecule has 0 radical (unpaired) electrons. The van der Waals surface area contributed by atoms with Crippen LogP contribution in [0.15, 0.2) is 28.7 Å². The minimum Gasteiger partial charge on any atom is -0.424 e. The zero-order valence-corrected chi connectivity index (χ0v) is 17.3. The summed E-state index contributed by atoms with van der Waals surface area (Å²) in [6, 6.07) is 8.30. The van der Waals surface area contributed by atoms with Gasteiger partial charge in [-0.15, -0.1) is 10.2 Å². The van der Waals surface area contributed by atoms with E-state index in [4.69, 9.17) is 16.0 Å². The molecule has 2 fully saturated rings. The maximum absolute atomic E-state index is 12.6. The molecular formula is C21H27ClN4O2. The number of carbonyl (C=O) groups is 1. The fourth-order valence-corrected chi connectivity index (χ4v) is 4.25. The van der Waals surface area contributed by atoms with Crippen LogP contribution in [0.5, 0.6) is 0 Å². The Morgan fingerprint density at radius 3 is 2.64 bits per heavy atom. The van der Waals surface area contributed by atoms with Crippen LogP contribution in [0, 0.1) is 0 Å². The second-order valence-corrected chi connectivity index (χ2v) is 8.55. The predicted molar refractivity (Wildman–Crippen MR) is 107 cm³/mol. The highest BCUT2D eigenvalue weighted by atomic mass is 35.5. The Morgan fingerprint density at radius 2 is 2.00 bits per heavy atom. The summed E-state index contributed by atoms with van der Waals surface area (Å²) < 4.78 is 6.02. The molecule has 150 valence electrons. The number of nitrogens with zero attached hydrogens (tertiary/aromatic N) is 4. The van der Waals surface area contributed by atoms with Gasteiger partial charge in [0.15, 0.2) is 0 Å². The topological polar surface area (TPSA) is 62.5 Å².